The second-order valence-corrected chi connectivity index (χ2v) is 9.62. The molecule has 3 aliphatic heterocycles. The number of pyridine rings is 1. The molecule has 180 valence electrons. The van der Waals surface area contributed by atoms with E-state index >= 15 is 0 Å². The number of aliphatic hydroxyl groups excluding tert-OH is 1. The molecule has 2 fully saturated rings. The Bertz CT molecular complexity index is 1140. The van der Waals surface area contributed by atoms with E-state index in [0.717, 1.165) is 43.6 Å². The molecule has 0 bridgehead atoms. The SMILES string of the molecule is CC1=C(N2C(=O)C3(CCN(C[C@@H](O)c4ncc(-n5cnnn5)cc4C)CC3)CC2C)COC1=O. The molecule has 11 nitrogen and oxygen atoms in total. The highest BCUT2D eigenvalue weighted by atomic mass is 16.5. The Labute approximate surface area is 197 Å². The zero-order valence-electron chi connectivity index (χ0n) is 19.6. The summed E-state index contributed by atoms with van der Waals surface area (Å²) >= 11 is 0. The van der Waals surface area contributed by atoms with Crippen molar-refractivity contribution in [3.8, 4) is 5.69 Å². The molecule has 0 aliphatic carbocycles. The maximum Gasteiger partial charge on any atom is 0.336 e. The van der Waals surface area contributed by atoms with Gasteiger partial charge in [-0.2, -0.15) is 4.68 Å². The highest BCUT2D eigenvalue weighted by Crippen LogP contribution is 2.46. The van der Waals surface area contributed by atoms with Crippen molar-refractivity contribution in [1.82, 2.24) is 35.0 Å². The van der Waals surface area contributed by atoms with E-state index in [0.29, 0.717) is 23.5 Å². The van der Waals surface area contributed by atoms with Crippen LogP contribution in [0.5, 0.6) is 0 Å². The van der Waals surface area contributed by atoms with E-state index in [-0.39, 0.29) is 24.5 Å². The summed E-state index contributed by atoms with van der Waals surface area (Å²) in [6, 6.07) is 1.93. The molecule has 1 amide bonds. The summed E-state index contributed by atoms with van der Waals surface area (Å²) in [5, 5.41) is 22.0. The Morgan fingerprint density at radius 1 is 1.26 bits per heavy atom. The quantitative estimate of drug-likeness (QED) is 0.639. The van der Waals surface area contributed by atoms with Crippen molar-refractivity contribution >= 4 is 11.9 Å². The van der Waals surface area contributed by atoms with Gasteiger partial charge >= 0.3 is 5.97 Å². The van der Waals surface area contributed by atoms with E-state index in [1.54, 1.807) is 18.0 Å². The Kier molecular flexibility index (Phi) is 5.68. The second kappa shape index (κ2) is 8.55. The largest absolute Gasteiger partial charge is 0.456 e. The number of aryl methyl sites for hydroxylation is 1. The average Bonchev–Trinajstić information content (AvgIpc) is 3.51. The normalized spacial score (nSPS) is 23.8. The monoisotopic (exact) mass is 467 g/mol. The number of likely N-dealkylation sites (tertiary alicyclic amines) is 2. The highest BCUT2D eigenvalue weighted by molar-refractivity contribution is 5.94. The molecule has 2 saturated heterocycles. The fraction of sp³-hybridized carbons (Fsp3) is 0.565. The molecule has 0 aromatic carbocycles. The van der Waals surface area contributed by atoms with Gasteiger partial charge < -0.3 is 19.6 Å². The topological polar surface area (TPSA) is 127 Å². The molecule has 2 atom stereocenters. The predicted octanol–water partition coefficient (Wildman–Crippen LogP) is 0.933. The molecule has 1 N–H and O–H groups in total. The number of aromatic nitrogens is 5. The Hall–Kier alpha value is -3.18. The molecule has 5 heterocycles. The number of piperidine rings is 1. The molecular formula is C23H29N7O4. The summed E-state index contributed by atoms with van der Waals surface area (Å²) in [7, 11) is 0. The first kappa shape index (κ1) is 22.6. The summed E-state index contributed by atoms with van der Waals surface area (Å²) in [5.41, 5.74) is 3.05. The van der Waals surface area contributed by atoms with Crippen molar-refractivity contribution in [3.05, 3.63) is 41.1 Å². The maximum absolute atomic E-state index is 13.5. The van der Waals surface area contributed by atoms with Gasteiger partial charge in [-0.3, -0.25) is 9.78 Å². The number of carbonyl (C=O) groups is 2. The molecule has 34 heavy (non-hydrogen) atoms. The van der Waals surface area contributed by atoms with Crippen LogP contribution in [0.3, 0.4) is 0 Å². The van der Waals surface area contributed by atoms with Gasteiger partial charge in [0.2, 0.25) is 5.91 Å². The Morgan fingerprint density at radius 3 is 2.65 bits per heavy atom. The number of nitrogens with zero attached hydrogens (tertiary/aromatic N) is 7. The molecule has 0 radical (unpaired) electrons. The summed E-state index contributed by atoms with van der Waals surface area (Å²) in [5.74, 6) is -0.238. The van der Waals surface area contributed by atoms with E-state index in [9.17, 15) is 14.7 Å². The predicted molar refractivity (Wildman–Crippen MR) is 119 cm³/mol. The molecular weight excluding hydrogens is 438 g/mol. The lowest BCUT2D eigenvalue weighted by Crippen LogP contribution is -2.45. The number of tetrazole rings is 1. The molecule has 11 heteroatoms. The van der Waals surface area contributed by atoms with Crippen LogP contribution in [0, 0.1) is 12.3 Å². The Balaban J connectivity index is 1.23. The first-order chi connectivity index (χ1) is 16.3. The first-order valence-electron chi connectivity index (χ1n) is 11.6. The number of aliphatic hydroxyl groups is 1. The number of rotatable bonds is 5. The van der Waals surface area contributed by atoms with Crippen LogP contribution >= 0.6 is 0 Å². The van der Waals surface area contributed by atoms with Crippen molar-refractivity contribution in [2.75, 3.05) is 26.2 Å². The second-order valence-electron chi connectivity index (χ2n) is 9.62. The van der Waals surface area contributed by atoms with Gasteiger partial charge in [0.15, 0.2) is 0 Å². The zero-order valence-corrected chi connectivity index (χ0v) is 19.6. The molecule has 1 spiro atoms. The fourth-order valence-electron chi connectivity index (χ4n) is 5.54. The molecule has 2 aromatic rings. The van der Waals surface area contributed by atoms with Crippen LogP contribution in [0.15, 0.2) is 29.9 Å². The number of cyclic esters (lactones) is 1. The number of amides is 1. The lowest BCUT2D eigenvalue weighted by Gasteiger charge is -2.38. The molecule has 1 unspecified atom stereocenters. The number of ether oxygens (including phenoxy) is 1. The zero-order chi connectivity index (χ0) is 24.0. The van der Waals surface area contributed by atoms with Crippen LogP contribution in [0.2, 0.25) is 0 Å². The minimum atomic E-state index is -0.735. The van der Waals surface area contributed by atoms with Gasteiger partial charge in [0, 0.05) is 12.6 Å². The van der Waals surface area contributed by atoms with E-state index < -0.39 is 11.5 Å². The molecule has 2 aromatic heterocycles. The minimum absolute atomic E-state index is 0.0367. The maximum atomic E-state index is 13.5. The number of esters is 1. The minimum Gasteiger partial charge on any atom is -0.456 e. The van der Waals surface area contributed by atoms with Crippen molar-refractivity contribution in [2.45, 2.75) is 52.2 Å². The Morgan fingerprint density at radius 2 is 2.03 bits per heavy atom. The third-order valence-corrected chi connectivity index (χ3v) is 7.45. The lowest BCUT2D eigenvalue weighted by molar-refractivity contribution is -0.139. The number of hydrogen-bond acceptors (Lipinski definition) is 9. The van der Waals surface area contributed by atoms with E-state index in [1.165, 1.54) is 11.0 Å². The van der Waals surface area contributed by atoms with Crippen molar-refractivity contribution < 1.29 is 19.4 Å². The van der Waals surface area contributed by atoms with Gasteiger partial charge in [-0.1, -0.05) is 0 Å². The molecule has 0 saturated carbocycles. The van der Waals surface area contributed by atoms with Gasteiger partial charge in [0.1, 0.15) is 19.0 Å². The number of hydrogen-bond donors (Lipinski definition) is 1. The third kappa shape index (κ3) is 3.78. The van der Waals surface area contributed by atoms with E-state index in [2.05, 4.69) is 25.4 Å². The average molecular weight is 468 g/mol. The highest BCUT2D eigenvalue weighted by Gasteiger charge is 2.53. The third-order valence-electron chi connectivity index (χ3n) is 7.45. The molecule has 5 rings (SSSR count). The number of β-amino-alcohol motifs (C(OH)–C–C–N with tert-alkyl or cyclic N) is 1. The molecule has 3 aliphatic rings. The first-order valence-corrected chi connectivity index (χ1v) is 11.6. The van der Waals surface area contributed by atoms with Crippen molar-refractivity contribution in [1.29, 1.82) is 0 Å². The summed E-state index contributed by atoms with van der Waals surface area (Å²) in [6.45, 7) is 7.75. The fourth-order valence-corrected chi connectivity index (χ4v) is 5.54. The van der Waals surface area contributed by atoms with Gasteiger partial charge in [-0.05, 0) is 75.2 Å². The van der Waals surface area contributed by atoms with Crippen LogP contribution in [-0.4, -0.2) is 84.3 Å². The van der Waals surface area contributed by atoms with Crippen LogP contribution in [0.1, 0.15) is 50.5 Å². The standard InChI is InChI=1S/C23H29N7O4/c1-14-8-17(29-13-25-26-27-29)10-24-20(14)19(31)11-28-6-4-23(5-7-28)9-15(2)30(22(23)33)18-12-34-21(32)16(18)3/h8,10,13,15,19,31H,4-7,9,11-12H2,1-3H3/t15?,19-/m1/s1. The lowest BCUT2D eigenvalue weighted by atomic mass is 9.76. The van der Waals surface area contributed by atoms with Crippen LogP contribution in [0.4, 0.5) is 0 Å². The van der Waals surface area contributed by atoms with Gasteiger partial charge in [0.05, 0.1) is 34.3 Å². The van der Waals surface area contributed by atoms with E-state index in [4.69, 9.17) is 4.74 Å². The summed E-state index contributed by atoms with van der Waals surface area (Å²) < 4.78 is 6.67. The smallest absolute Gasteiger partial charge is 0.336 e. The number of carbonyl (C=O) groups excluding carboxylic acids is 2. The van der Waals surface area contributed by atoms with Crippen LogP contribution in [-0.2, 0) is 14.3 Å². The summed E-state index contributed by atoms with van der Waals surface area (Å²) in [6.07, 6.45) is 4.64. The van der Waals surface area contributed by atoms with Gasteiger partial charge in [-0.15, -0.1) is 5.10 Å². The van der Waals surface area contributed by atoms with Crippen LogP contribution < -0.4 is 0 Å². The van der Waals surface area contributed by atoms with E-state index in [1.807, 2.05) is 19.9 Å². The van der Waals surface area contributed by atoms with Crippen molar-refractivity contribution in [3.63, 3.8) is 0 Å². The van der Waals surface area contributed by atoms with Gasteiger partial charge in [0.25, 0.3) is 0 Å². The van der Waals surface area contributed by atoms with Crippen LogP contribution in [0.25, 0.3) is 5.69 Å². The van der Waals surface area contributed by atoms with Crippen molar-refractivity contribution in [2.24, 2.45) is 5.41 Å². The van der Waals surface area contributed by atoms with Gasteiger partial charge in [-0.25, -0.2) is 4.79 Å². The summed E-state index contributed by atoms with van der Waals surface area (Å²) in [4.78, 5) is 33.8.